The van der Waals surface area contributed by atoms with Gasteiger partial charge in [0.2, 0.25) is 0 Å². The molecule has 1 aromatic rings. The molecule has 1 atom stereocenters. The predicted molar refractivity (Wildman–Crippen MR) is 90.4 cm³/mol. The quantitative estimate of drug-likeness (QED) is 0.751. The molecule has 0 saturated heterocycles. The van der Waals surface area contributed by atoms with E-state index >= 15 is 0 Å². The Hall–Kier alpha value is -1.79. The zero-order valence-electron chi connectivity index (χ0n) is 14.8. The lowest BCUT2D eigenvalue weighted by molar-refractivity contribution is -0.149. The lowest BCUT2D eigenvalue weighted by Gasteiger charge is -2.39. The van der Waals surface area contributed by atoms with Crippen molar-refractivity contribution in [2.75, 3.05) is 26.3 Å². The van der Waals surface area contributed by atoms with Crippen LogP contribution in [0.25, 0.3) is 0 Å². The van der Waals surface area contributed by atoms with Crippen LogP contribution in [0.5, 0.6) is 11.5 Å². The van der Waals surface area contributed by atoms with Crippen molar-refractivity contribution in [2.45, 2.75) is 46.1 Å². The van der Waals surface area contributed by atoms with Crippen LogP contribution in [-0.2, 0) is 11.2 Å². The normalized spacial score (nSPS) is 19.6. The molecule has 1 aromatic carbocycles. The predicted octanol–water partition coefficient (Wildman–Crippen LogP) is 1.21. The highest BCUT2D eigenvalue weighted by Gasteiger charge is 2.42. The molecular formula is C18H27NO5. The average molecular weight is 337 g/mol. The van der Waals surface area contributed by atoms with E-state index in [1.807, 2.05) is 20.8 Å². The van der Waals surface area contributed by atoms with Crippen molar-refractivity contribution < 1.29 is 24.9 Å². The number of hydrogen-bond donors (Lipinski definition) is 3. The van der Waals surface area contributed by atoms with Gasteiger partial charge in [-0.05, 0) is 50.8 Å². The van der Waals surface area contributed by atoms with E-state index in [0.29, 0.717) is 18.6 Å². The van der Waals surface area contributed by atoms with Crippen molar-refractivity contribution in [1.82, 2.24) is 4.90 Å². The molecule has 6 heteroatoms. The fourth-order valence-electron chi connectivity index (χ4n) is 3.29. The summed E-state index contributed by atoms with van der Waals surface area (Å²) in [6, 6.07) is 0. The summed E-state index contributed by atoms with van der Waals surface area (Å²) in [6.45, 7) is 7.32. The van der Waals surface area contributed by atoms with Gasteiger partial charge < -0.3 is 25.0 Å². The number of ether oxygens (including phenoxy) is 1. The summed E-state index contributed by atoms with van der Waals surface area (Å²) in [7, 11) is 0. The molecule has 0 radical (unpaired) electrons. The Morgan fingerprint density at radius 1 is 1.12 bits per heavy atom. The van der Waals surface area contributed by atoms with Crippen LogP contribution in [0.2, 0.25) is 0 Å². The molecule has 1 aliphatic heterocycles. The second-order valence-corrected chi connectivity index (χ2v) is 6.60. The molecule has 0 fully saturated rings. The number of nitrogens with zero attached hydrogens (tertiary/aromatic N) is 1. The first-order valence-electron chi connectivity index (χ1n) is 8.28. The first-order chi connectivity index (χ1) is 11.3. The van der Waals surface area contributed by atoms with E-state index in [0.717, 1.165) is 22.3 Å². The van der Waals surface area contributed by atoms with Crippen molar-refractivity contribution in [3.63, 3.8) is 0 Å². The third-order valence-corrected chi connectivity index (χ3v) is 5.00. The Morgan fingerprint density at radius 3 is 2.25 bits per heavy atom. The number of phenolic OH excluding ortho intramolecular Hbond substituents is 1. The molecule has 0 aromatic heterocycles. The number of rotatable bonds is 5. The molecule has 0 saturated carbocycles. The fraction of sp³-hybridized carbons (Fsp3) is 0.611. The average Bonchev–Trinajstić information content (AvgIpc) is 2.57. The number of aromatic hydroxyl groups is 1. The summed E-state index contributed by atoms with van der Waals surface area (Å²) < 4.78 is 6.14. The smallest absolute Gasteiger partial charge is 0.266 e. The Balaban J connectivity index is 2.38. The van der Waals surface area contributed by atoms with Gasteiger partial charge >= 0.3 is 0 Å². The van der Waals surface area contributed by atoms with E-state index < -0.39 is 5.60 Å². The van der Waals surface area contributed by atoms with Gasteiger partial charge in [0.15, 0.2) is 5.60 Å². The van der Waals surface area contributed by atoms with Gasteiger partial charge in [-0.25, -0.2) is 0 Å². The third kappa shape index (κ3) is 3.08. The topological polar surface area (TPSA) is 90.2 Å². The van der Waals surface area contributed by atoms with E-state index in [9.17, 15) is 9.90 Å². The summed E-state index contributed by atoms with van der Waals surface area (Å²) in [5.74, 6) is 0.712. The van der Waals surface area contributed by atoms with Crippen molar-refractivity contribution >= 4 is 5.91 Å². The highest BCUT2D eigenvalue weighted by Crippen LogP contribution is 2.43. The number of carbonyl (C=O) groups excluding carboxylic acids is 1. The highest BCUT2D eigenvalue weighted by molar-refractivity contribution is 5.86. The van der Waals surface area contributed by atoms with E-state index in [-0.39, 0.29) is 38.0 Å². The fourth-order valence-corrected chi connectivity index (χ4v) is 3.29. The summed E-state index contributed by atoms with van der Waals surface area (Å²) in [4.78, 5) is 14.3. The lowest BCUT2D eigenvalue weighted by Crippen LogP contribution is -2.54. The molecule has 0 aliphatic carbocycles. The molecule has 134 valence electrons. The molecule has 0 bridgehead atoms. The standard InChI is InChI=1S/C18H27NO5/c1-11-12(2)16-14(13(3)15(11)22)5-6-18(4,24-16)17(23)19(7-9-20)8-10-21/h20-22H,5-10H2,1-4H3. The number of hydrogen-bond acceptors (Lipinski definition) is 5. The zero-order chi connectivity index (χ0) is 18.1. The minimum Gasteiger partial charge on any atom is -0.507 e. The van der Waals surface area contributed by atoms with Crippen LogP contribution in [0.4, 0.5) is 0 Å². The molecule has 0 spiro atoms. The van der Waals surface area contributed by atoms with Crippen molar-refractivity contribution in [2.24, 2.45) is 0 Å². The van der Waals surface area contributed by atoms with Crippen LogP contribution in [-0.4, -0.2) is 58.0 Å². The van der Waals surface area contributed by atoms with Gasteiger partial charge in [-0.1, -0.05) is 0 Å². The maximum absolute atomic E-state index is 12.9. The molecule has 1 unspecified atom stereocenters. The van der Waals surface area contributed by atoms with Gasteiger partial charge in [0.25, 0.3) is 5.91 Å². The number of carbonyl (C=O) groups is 1. The summed E-state index contributed by atoms with van der Waals surface area (Å²) in [6.07, 6.45) is 1.11. The van der Waals surface area contributed by atoms with Gasteiger partial charge in [-0.15, -0.1) is 0 Å². The van der Waals surface area contributed by atoms with Crippen LogP contribution in [0.3, 0.4) is 0 Å². The summed E-state index contributed by atoms with van der Waals surface area (Å²) >= 11 is 0. The minimum absolute atomic E-state index is 0.163. The van der Waals surface area contributed by atoms with E-state index in [4.69, 9.17) is 14.9 Å². The number of aliphatic hydroxyl groups excluding tert-OH is 2. The molecule has 3 N–H and O–H groups in total. The Labute approximate surface area is 142 Å². The van der Waals surface area contributed by atoms with Crippen molar-refractivity contribution in [1.29, 1.82) is 0 Å². The van der Waals surface area contributed by atoms with Gasteiger partial charge in [-0.2, -0.15) is 0 Å². The second-order valence-electron chi connectivity index (χ2n) is 6.60. The summed E-state index contributed by atoms with van der Waals surface area (Å²) in [5.41, 5.74) is 2.29. The van der Waals surface area contributed by atoms with E-state index in [2.05, 4.69) is 0 Å². The zero-order valence-corrected chi connectivity index (χ0v) is 14.8. The molecule has 1 aliphatic rings. The van der Waals surface area contributed by atoms with Crippen LogP contribution in [0.15, 0.2) is 0 Å². The van der Waals surface area contributed by atoms with Crippen LogP contribution >= 0.6 is 0 Å². The van der Waals surface area contributed by atoms with Gasteiger partial charge in [-0.3, -0.25) is 4.79 Å². The number of phenols is 1. The Morgan fingerprint density at radius 2 is 1.71 bits per heavy atom. The number of aliphatic hydroxyl groups is 2. The SMILES string of the molecule is Cc1c(C)c2c(c(C)c1O)CCC(C)(C(=O)N(CCO)CCO)O2. The monoisotopic (exact) mass is 337 g/mol. The number of amides is 1. The first kappa shape index (κ1) is 18.5. The minimum atomic E-state index is -1.04. The van der Waals surface area contributed by atoms with Crippen LogP contribution in [0.1, 0.15) is 35.6 Å². The maximum atomic E-state index is 12.9. The summed E-state index contributed by atoms with van der Waals surface area (Å²) in [5, 5.41) is 28.5. The van der Waals surface area contributed by atoms with E-state index in [1.165, 1.54) is 4.90 Å². The van der Waals surface area contributed by atoms with Gasteiger partial charge in [0.1, 0.15) is 11.5 Å². The van der Waals surface area contributed by atoms with Gasteiger partial charge in [0.05, 0.1) is 13.2 Å². The molecule has 1 heterocycles. The highest BCUT2D eigenvalue weighted by atomic mass is 16.5. The molecule has 2 rings (SSSR count). The third-order valence-electron chi connectivity index (χ3n) is 5.00. The van der Waals surface area contributed by atoms with Crippen molar-refractivity contribution in [3.8, 4) is 11.5 Å². The van der Waals surface area contributed by atoms with E-state index in [1.54, 1.807) is 6.92 Å². The molecule has 1 amide bonds. The second kappa shape index (κ2) is 6.99. The number of benzene rings is 1. The van der Waals surface area contributed by atoms with Crippen LogP contribution < -0.4 is 4.74 Å². The Bertz CT molecular complexity index is 637. The molecule has 6 nitrogen and oxygen atoms in total. The van der Waals surface area contributed by atoms with Crippen LogP contribution in [0, 0.1) is 20.8 Å². The van der Waals surface area contributed by atoms with Gasteiger partial charge in [0, 0.05) is 25.1 Å². The molecular weight excluding hydrogens is 310 g/mol. The lowest BCUT2D eigenvalue weighted by atomic mass is 9.86. The largest absolute Gasteiger partial charge is 0.507 e. The Kier molecular flexibility index (Phi) is 5.40. The maximum Gasteiger partial charge on any atom is 0.266 e. The first-order valence-corrected chi connectivity index (χ1v) is 8.28. The molecule has 24 heavy (non-hydrogen) atoms. The number of fused-ring (bicyclic) bond motifs is 1. The van der Waals surface area contributed by atoms with Crippen molar-refractivity contribution in [3.05, 3.63) is 22.3 Å².